The van der Waals surface area contributed by atoms with Crippen LogP contribution in [0.1, 0.15) is 104 Å². The highest BCUT2D eigenvalue weighted by Gasteiger charge is 2.27. The maximum absolute atomic E-state index is 12.3. The van der Waals surface area contributed by atoms with Crippen molar-refractivity contribution in [3.63, 3.8) is 0 Å². The van der Waals surface area contributed by atoms with Crippen LogP contribution in [0.25, 0.3) is 0 Å². The van der Waals surface area contributed by atoms with Gasteiger partial charge in [0.15, 0.2) is 0 Å². The first-order valence-corrected chi connectivity index (χ1v) is 12.4. The van der Waals surface area contributed by atoms with Crippen molar-refractivity contribution in [3.05, 3.63) is 23.3 Å². The van der Waals surface area contributed by atoms with Gasteiger partial charge in [0.25, 0.3) is 0 Å². The van der Waals surface area contributed by atoms with E-state index in [-0.39, 0.29) is 22.8 Å². The van der Waals surface area contributed by atoms with Crippen molar-refractivity contribution in [2.75, 3.05) is 5.75 Å². The summed E-state index contributed by atoms with van der Waals surface area (Å²) >= 11 is 1.78. The van der Waals surface area contributed by atoms with Gasteiger partial charge in [0.1, 0.15) is 5.75 Å². The lowest BCUT2D eigenvalue weighted by Gasteiger charge is -2.29. The van der Waals surface area contributed by atoms with E-state index in [1.54, 1.807) is 11.8 Å². The lowest BCUT2D eigenvalue weighted by Crippen LogP contribution is -2.38. The average molecular weight is 436 g/mol. The van der Waals surface area contributed by atoms with E-state index >= 15 is 0 Å². The quantitative estimate of drug-likeness (QED) is 0.214. The molecule has 1 aliphatic carbocycles. The number of phenols is 1. The number of amides is 1. The van der Waals surface area contributed by atoms with Gasteiger partial charge < -0.3 is 5.11 Å². The molecule has 1 fully saturated rings. The van der Waals surface area contributed by atoms with Crippen molar-refractivity contribution < 1.29 is 15.1 Å². The highest BCUT2D eigenvalue weighted by Crippen LogP contribution is 2.41. The number of rotatable bonds is 7. The second-order valence-electron chi connectivity index (χ2n) is 10.7. The summed E-state index contributed by atoms with van der Waals surface area (Å²) in [5, 5.41) is 22.0. The summed E-state index contributed by atoms with van der Waals surface area (Å²) in [5.74, 6) is 1.19. The minimum Gasteiger partial charge on any atom is -0.507 e. The third kappa shape index (κ3) is 6.91. The largest absolute Gasteiger partial charge is 0.507 e. The maximum atomic E-state index is 12.3. The molecule has 0 bridgehead atoms. The molecule has 0 atom stereocenters. The Balaban J connectivity index is 1.90. The van der Waals surface area contributed by atoms with Crippen LogP contribution in [-0.2, 0) is 15.6 Å². The number of benzene rings is 1. The Hall–Kier alpha value is -1.20. The molecule has 1 saturated carbocycles. The van der Waals surface area contributed by atoms with E-state index in [9.17, 15) is 15.1 Å². The highest BCUT2D eigenvalue weighted by atomic mass is 32.2. The van der Waals surface area contributed by atoms with Crippen LogP contribution >= 0.6 is 11.8 Å². The van der Waals surface area contributed by atoms with Crippen LogP contribution in [0, 0.1) is 0 Å². The van der Waals surface area contributed by atoms with Crippen LogP contribution in [0.2, 0.25) is 0 Å². The van der Waals surface area contributed by atoms with E-state index in [0.717, 1.165) is 60.5 Å². The first kappa shape index (κ1) is 25.1. The molecule has 2 N–H and O–H groups in total. The second-order valence-corrected chi connectivity index (χ2v) is 11.9. The number of aromatic hydroxyl groups is 1. The molecule has 170 valence electrons. The number of phenolic OH excluding ortho intramolecular Hbond substituents is 1. The molecule has 4 nitrogen and oxygen atoms in total. The summed E-state index contributed by atoms with van der Waals surface area (Å²) in [4.78, 5) is 13.4. The van der Waals surface area contributed by atoms with Crippen molar-refractivity contribution in [1.29, 1.82) is 0 Å². The number of hydrogen-bond acceptors (Lipinski definition) is 4. The summed E-state index contributed by atoms with van der Waals surface area (Å²) < 4.78 is 0. The molecule has 1 aromatic carbocycles. The smallest absolute Gasteiger partial charge is 0.246 e. The Morgan fingerprint density at radius 3 is 2.03 bits per heavy atom. The van der Waals surface area contributed by atoms with Gasteiger partial charge in [-0.05, 0) is 54.4 Å². The summed E-state index contributed by atoms with van der Waals surface area (Å²) in [6, 6.07) is 4.24. The van der Waals surface area contributed by atoms with E-state index in [4.69, 9.17) is 0 Å². The number of thioether (sulfide) groups is 1. The SMILES string of the molecule is CC(C)(C)c1cc(SCCCCC(=O)N(O)C2CCCCC2)cc(C(C)(C)C)c1O. The lowest BCUT2D eigenvalue weighted by atomic mass is 9.79. The van der Waals surface area contributed by atoms with E-state index in [1.165, 1.54) is 11.3 Å². The Kier molecular flexibility index (Phi) is 8.70. The van der Waals surface area contributed by atoms with Crippen LogP contribution in [0.5, 0.6) is 5.75 Å². The van der Waals surface area contributed by atoms with Gasteiger partial charge in [-0.2, -0.15) is 0 Å². The molecule has 1 aromatic rings. The average Bonchev–Trinajstić information content (AvgIpc) is 2.66. The third-order valence-corrected chi connectivity index (χ3v) is 6.99. The number of carbonyl (C=O) groups excluding carboxylic acids is 1. The van der Waals surface area contributed by atoms with Gasteiger partial charge in [-0.3, -0.25) is 10.0 Å². The minimum absolute atomic E-state index is 0.0178. The Morgan fingerprint density at radius 2 is 1.53 bits per heavy atom. The van der Waals surface area contributed by atoms with Gasteiger partial charge in [0, 0.05) is 22.4 Å². The van der Waals surface area contributed by atoms with E-state index in [2.05, 4.69) is 53.7 Å². The number of unbranched alkanes of at least 4 members (excludes halogenated alkanes) is 1. The molecule has 0 unspecified atom stereocenters. The normalized spacial score (nSPS) is 16.0. The van der Waals surface area contributed by atoms with Gasteiger partial charge in [-0.15, -0.1) is 11.8 Å². The summed E-state index contributed by atoms with van der Waals surface area (Å²) in [6.45, 7) is 12.8. The fourth-order valence-corrected chi connectivity index (χ4v) is 5.03. The number of hydrogen-bond donors (Lipinski definition) is 2. The molecule has 0 aliphatic heterocycles. The molecule has 0 saturated heterocycles. The molecule has 0 radical (unpaired) electrons. The Labute approximate surface area is 187 Å². The fraction of sp³-hybridized carbons (Fsp3) is 0.720. The fourth-order valence-electron chi connectivity index (χ4n) is 4.05. The molecule has 2 rings (SSSR count). The van der Waals surface area contributed by atoms with Crippen LogP contribution in [0.4, 0.5) is 0 Å². The van der Waals surface area contributed by atoms with Gasteiger partial charge in [0.2, 0.25) is 5.91 Å². The van der Waals surface area contributed by atoms with Crippen molar-refractivity contribution in [1.82, 2.24) is 5.06 Å². The molecule has 5 heteroatoms. The molecule has 1 aliphatic rings. The standard InChI is InChI=1S/C25H41NO3S/c1-24(2,3)20-16-19(17-21(23(20)28)25(4,5)6)30-15-11-10-14-22(27)26(29)18-12-8-7-9-13-18/h16-18,28-29H,7-15H2,1-6H3. The molecule has 1 amide bonds. The summed E-state index contributed by atoms with van der Waals surface area (Å²) in [6.07, 6.45) is 7.37. The first-order chi connectivity index (χ1) is 13.9. The van der Waals surface area contributed by atoms with Gasteiger partial charge in [-0.1, -0.05) is 60.8 Å². The topological polar surface area (TPSA) is 60.8 Å². The number of carbonyl (C=O) groups is 1. The summed E-state index contributed by atoms with van der Waals surface area (Å²) in [5.41, 5.74) is 1.71. The zero-order chi connectivity index (χ0) is 22.5. The molecule has 30 heavy (non-hydrogen) atoms. The van der Waals surface area contributed by atoms with Gasteiger partial charge >= 0.3 is 0 Å². The zero-order valence-corrected chi connectivity index (χ0v) is 20.6. The van der Waals surface area contributed by atoms with E-state index in [1.807, 2.05) is 0 Å². The molecular weight excluding hydrogens is 394 g/mol. The lowest BCUT2D eigenvalue weighted by molar-refractivity contribution is -0.178. The third-order valence-electron chi connectivity index (χ3n) is 5.93. The van der Waals surface area contributed by atoms with Crippen molar-refractivity contribution in [3.8, 4) is 5.75 Å². The maximum Gasteiger partial charge on any atom is 0.246 e. The predicted octanol–water partition coefficient (Wildman–Crippen LogP) is 6.80. The van der Waals surface area contributed by atoms with Crippen molar-refractivity contribution >= 4 is 17.7 Å². The first-order valence-electron chi connectivity index (χ1n) is 11.4. The molecular formula is C25H41NO3S. The van der Waals surface area contributed by atoms with E-state index < -0.39 is 0 Å². The van der Waals surface area contributed by atoms with Crippen LogP contribution < -0.4 is 0 Å². The van der Waals surface area contributed by atoms with Crippen LogP contribution in [0.3, 0.4) is 0 Å². The molecule has 0 heterocycles. The number of nitrogens with zero attached hydrogens (tertiary/aromatic N) is 1. The number of hydroxylamine groups is 2. The Morgan fingerprint density at radius 1 is 1.00 bits per heavy atom. The monoisotopic (exact) mass is 435 g/mol. The van der Waals surface area contributed by atoms with Gasteiger partial charge in [-0.25, -0.2) is 5.06 Å². The predicted molar refractivity (Wildman–Crippen MR) is 126 cm³/mol. The molecule has 0 spiro atoms. The highest BCUT2D eigenvalue weighted by molar-refractivity contribution is 7.99. The van der Waals surface area contributed by atoms with Gasteiger partial charge in [0.05, 0.1) is 6.04 Å². The Bertz CT molecular complexity index is 677. The van der Waals surface area contributed by atoms with Crippen molar-refractivity contribution in [2.24, 2.45) is 0 Å². The van der Waals surface area contributed by atoms with Crippen LogP contribution in [-0.4, -0.2) is 33.1 Å². The van der Waals surface area contributed by atoms with E-state index in [0.29, 0.717) is 12.2 Å². The zero-order valence-electron chi connectivity index (χ0n) is 19.8. The second kappa shape index (κ2) is 10.4. The van der Waals surface area contributed by atoms with Crippen LogP contribution in [0.15, 0.2) is 17.0 Å². The minimum atomic E-state index is -0.137. The summed E-state index contributed by atoms with van der Waals surface area (Å²) in [7, 11) is 0. The molecule has 0 aromatic heterocycles. The van der Waals surface area contributed by atoms with Crippen molar-refractivity contribution in [2.45, 2.75) is 115 Å².